The van der Waals surface area contributed by atoms with Gasteiger partial charge in [-0.1, -0.05) is 47.5 Å². The Labute approximate surface area is 132 Å². The molecular formula is C15H14Cl2N2O2. The van der Waals surface area contributed by atoms with Gasteiger partial charge < -0.3 is 4.74 Å². The van der Waals surface area contributed by atoms with E-state index in [2.05, 4.69) is 5.43 Å². The van der Waals surface area contributed by atoms with Crippen molar-refractivity contribution in [1.82, 2.24) is 5.43 Å². The lowest BCUT2D eigenvalue weighted by atomic mass is 10.1. The van der Waals surface area contributed by atoms with Crippen LogP contribution >= 0.6 is 23.2 Å². The highest BCUT2D eigenvalue weighted by molar-refractivity contribution is 6.42. The summed E-state index contributed by atoms with van der Waals surface area (Å²) in [5.74, 6) is 5.47. The molecule has 21 heavy (non-hydrogen) atoms. The molecule has 0 atom stereocenters. The molecule has 0 bridgehead atoms. The van der Waals surface area contributed by atoms with E-state index in [1.807, 2.05) is 24.3 Å². The smallest absolute Gasteiger partial charge is 0.238 e. The molecule has 6 heteroatoms. The molecule has 0 radical (unpaired) electrons. The van der Waals surface area contributed by atoms with Gasteiger partial charge in [-0.15, -0.1) is 0 Å². The molecular weight excluding hydrogens is 311 g/mol. The lowest BCUT2D eigenvalue weighted by molar-refractivity contribution is -0.120. The Balaban J connectivity index is 2.09. The van der Waals surface area contributed by atoms with E-state index in [0.717, 1.165) is 11.1 Å². The first-order chi connectivity index (χ1) is 10.1. The van der Waals surface area contributed by atoms with Crippen LogP contribution in [0.5, 0.6) is 5.75 Å². The molecule has 0 spiro atoms. The van der Waals surface area contributed by atoms with E-state index >= 15 is 0 Å². The Morgan fingerprint density at radius 3 is 2.48 bits per heavy atom. The van der Waals surface area contributed by atoms with Gasteiger partial charge in [-0.05, 0) is 23.3 Å². The Kier molecular flexibility index (Phi) is 5.44. The highest BCUT2D eigenvalue weighted by atomic mass is 35.5. The summed E-state index contributed by atoms with van der Waals surface area (Å²) in [4.78, 5) is 11.4. The Bertz CT molecular complexity index is 647. The Hall–Kier alpha value is -1.75. The second-order valence-corrected chi connectivity index (χ2v) is 5.19. The van der Waals surface area contributed by atoms with Crippen molar-refractivity contribution in [2.75, 3.05) is 0 Å². The van der Waals surface area contributed by atoms with E-state index in [1.54, 1.807) is 18.2 Å². The van der Waals surface area contributed by atoms with E-state index in [0.29, 0.717) is 22.4 Å². The molecule has 2 rings (SSSR count). The van der Waals surface area contributed by atoms with Gasteiger partial charge in [0, 0.05) is 6.07 Å². The molecule has 0 aromatic heterocycles. The van der Waals surface area contributed by atoms with Crippen molar-refractivity contribution in [2.45, 2.75) is 13.0 Å². The van der Waals surface area contributed by atoms with Gasteiger partial charge in [0.15, 0.2) is 0 Å². The zero-order valence-electron chi connectivity index (χ0n) is 11.1. The largest absolute Gasteiger partial charge is 0.489 e. The molecule has 0 fully saturated rings. The zero-order chi connectivity index (χ0) is 15.2. The van der Waals surface area contributed by atoms with Crippen LogP contribution in [0.15, 0.2) is 42.5 Å². The van der Waals surface area contributed by atoms with Crippen molar-refractivity contribution in [1.29, 1.82) is 0 Å². The average molecular weight is 325 g/mol. The van der Waals surface area contributed by atoms with Crippen LogP contribution in [0.25, 0.3) is 0 Å². The highest BCUT2D eigenvalue weighted by Gasteiger charge is 2.08. The highest BCUT2D eigenvalue weighted by Crippen LogP contribution is 2.27. The number of carbonyl (C=O) groups excluding carboxylic acids is 1. The normalized spacial score (nSPS) is 10.2. The van der Waals surface area contributed by atoms with E-state index in [9.17, 15) is 4.79 Å². The molecule has 3 N–H and O–H groups in total. The fourth-order valence-electron chi connectivity index (χ4n) is 1.82. The maximum Gasteiger partial charge on any atom is 0.238 e. The molecule has 0 aliphatic rings. The number of nitrogens with one attached hydrogen (secondary N) is 1. The molecule has 2 aromatic carbocycles. The molecule has 110 valence electrons. The maximum absolute atomic E-state index is 11.4. The summed E-state index contributed by atoms with van der Waals surface area (Å²) in [6, 6.07) is 12.6. The van der Waals surface area contributed by atoms with Crippen molar-refractivity contribution in [3.63, 3.8) is 0 Å². The standard InChI is InChI=1S/C15H14Cl2N2O2/c16-13-6-5-12(8-14(13)17)21-9-11-4-2-1-3-10(11)7-15(20)19-18/h1-6,8H,7,9,18H2,(H,19,20). The monoisotopic (exact) mass is 324 g/mol. The van der Waals surface area contributed by atoms with Crippen LogP contribution in [0, 0.1) is 0 Å². The van der Waals surface area contributed by atoms with Gasteiger partial charge in [-0.2, -0.15) is 0 Å². The predicted octanol–water partition coefficient (Wildman–Crippen LogP) is 3.10. The second-order valence-electron chi connectivity index (χ2n) is 4.38. The summed E-state index contributed by atoms with van der Waals surface area (Å²) >= 11 is 11.8. The van der Waals surface area contributed by atoms with Crippen LogP contribution in [0.3, 0.4) is 0 Å². The number of amides is 1. The summed E-state index contributed by atoms with van der Waals surface area (Å²) in [5.41, 5.74) is 3.89. The van der Waals surface area contributed by atoms with E-state index < -0.39 is 0 Å². The van der Waals surface area contributed by atoms with Crippen LogP contribution in [0.2, 0.25) is 10.0 Å². The number of hydrazine groups is 1. The third-order valence-corrected chi connectivity index (χ3v) is 3.65. The van der Waals surface area contributed by atoms with Gasteiger partial charge in [0.2, 0.25) is 5.91 Å². The predicted molar refractivity (Wildman–Crippen MR) is 83.3 cm³/mol. The number of nitrogens with two attached hydrogens (primary N) is 1. The fraction of sp³-hybridized carbons (Fsp3) is 0.133. The Morgan fingerprint density at radius 2 is 1.81 bits per heavy atom. The van der Waals surface area contributed by atoms with E-state index in [-0.39, 0.29) is 12.3 Å². The van der Waals surface area contributed by atoms with E-state index in [4.69, 9.17) is 33.8 Å². The lowest BCUT2D eigenvalue weighted by Gasteiger charge is -2.11. The first-order valence-electron chi connectivity index (χ1n) is 6.24. The summed E-state index contributed by atoms with van der Waals surface area (Å²) in [6.07, 6.45) is 0.206. The minimum absolute atomic E-state index is 0.206. The third-order valence-electron chi connectivity index (χ3n) is 2.92. The fourth-order valence-corrected chi connectivity index (χ4v) is 2.11. The number of benzene rings is 2. The summed E-state index contributed by atoms with van der Waals surface area (Å²) in [5, 5.41) is 0.911. The Morgan fingerprint density at radius 1 is 1.10 bits per heavy atom. The minimum atomic E-state index is -0.253. The number of halogens is 2. The van der Waals surface area contributed by atoms with Gasteiger partial charge in [0.25, 0.3) is 0 Å². The molecule has 0 saturated carbocycles. The third kappa shape index (κ3) is 4.36. The number of hydrogen-bond donors (Lipinski definition) is 2. The molecule has 0 heterocycles. The number of hydrogen-bond acceptors (Lipinski definition) is 3. The van der Waals surface area contributed by atoms with E-state index in [1.165, 1.54) is 0 Å². The van der Waals surface area contributed by atoms with Crippen LogP contribution in [0.1, 0.15) is 11.1 Å². The molecule has 0 saturated heterocycles. The van der Waals surface area contributed by atoms with Gasteiger partial charge in [-0.25, -0.2) is 5.84 Å². The summed E-state index contributed by atoms with van der Waals surface area (Å²) in [6.45, 7) is 0.325. The van der Waals surface area contributed by atoms with Gasteiger partial charge in [0.05, 0.1) is 16.5 Å². The molecule has 0 aliphatic carbocycles. The maximum atomic E-state index is 11.4. The topological polar surface area (TPSA) is 64.3 Å². The van der Waals surface area contributed by atoms with Gasteiger partial charge in [-0.3, -0.25) is 10.2 Å². The number of ether oxygens (including phenoxy) is 1. The zero-order valence-corrected chi connectivity index (χ0v) is 12.6. The molecule has 1 amide bonds. The first-order valence-corrected chi connectivity index (χ1v) is 7.00. The van der Waals surface area contributed by atoms with Crippen molar-refractivity contribution in [3.8, 4) is 5.75 Å². The average Bonchev–Trinajstić information content (AvgIpc) is 2.49. The van der Waals surface area contributed by atoms with Crippen LogP contribution < -0.4 is 16.0 Å². The second kappa shape index (κ2) is 7.31. The van der Waals surface area contributed by atoms with Crippen molar-refractivity contribution < 1.29 is 9.53 Å². The SMILES string of the molecule is NNC(=O)Cc1ccccc1COc1ccc(Cl)c(Cl)c1. The number of rotatable bonds is 5. The summed E-state index contributed by atoms with van der Waals surface area (Å²) < 4.78 is 5.68. The molecule has 0 unspecified atom stereocenters. The van der Waals surface area contributed by atoms with Crippen molar-refractivity contribution in [2.24, 2.45) is 5.84 Å². The minimum Gasteiger partial charge on any atom is -0.489 e. The number of carbonyl (C=O) groups is 1. The van der Waals surface area contributed by atoms with Crippen molar-refractivity contribution >= 4 is 29.1 Å². The molecule has 0 aliphatic heterocycles. The van der Waals surface area contributed by atoms with Crippen LogP contribution in [-0.4, -0.2) is 5.91 Å². The molecule has 2 aromatic rings. The first kappa shape index (κ1) is 15.6. The summed E-state index contributed by atoms with van der Waals surface area (Å²) in [7, 11) is 0. The quantitative estimate of drug-likeness (QED) is 0.504. The lowest BCUT2D eigenvalue weighted by Crippen LogP contribution is -2.31. The molecule has 4 nitrogen and oxygen atoms in total. The van der Waals surface area contributed by atoms with Crippen LogP contribution in [0.4, 0.5) is 0 Å². The van der Waals surface area contributed by atoms with Gasteiger partial charge >= 0.3 is 0 Å². The van der Waals surface area contributed by atoms with Crippen LogP contribution in [-0.2, 0) is 17.8 Å². The van der Waals surface area contributed by atoms with Crippen molar-refractivity contribution in [3.05, 3.63) is 63.6 Å². The van der Waals surface area contributed by atoms with Gasteiger partial charge in [0.1, 0.15) is 12.4 Å².